The van der Waals surface area contributed by atoms with Gasteiger partial charge < -0.3 is 24.1 Å². The number of nitrogens with zero attached hydrogens (tertiary/aromatic N) is 1. The third kappa shape index (κ3) is 4.81. The summed E-state index contributed by atoms with van der Waals surface area (Å²) in [4.78, 5) is 13.7. The van der Waals surface area contributed by atoms with Crippen LogP contribution in [0.1, 0.15) is 48.5 Å². The smallest absolute Gasteiger partial charge is 0.410 e. The van der Waals surface area contributed by atoms with Gasteiger partial charge in [0, 0.05) is 14.2 Å². The molecule has 1 amide bonds. The molecule has 2 aliphatic rings. The third-order valence-electron chi connectivity index (χ3n) is 3.66. The number of carbonyl (C=O) groups is 1. The second-order valence-corrected chi connectivity index (χ2v) is 6.14. The number of hydrogen-bond acceptors (Lipinski definition) is 6. The van der Waals surface area contributed by atoms with Gasteiger partial charge in [0.15, 0.2) is 0 Å². The standard InChI is InChI=1S/C13H23NO6.2C2H6/c1-12(2,3)20-11(16)14-6-8(15)9-10(14)13(17-4,18-5)7-19-9;2*1-2/h8-10,15H,6-7H2,1-5H3;2*1-2H3/t8?,9-,10+;;/m1../s1. The van der Waals surface area contributed by atoms with Crippen LogP contribution >= 0.6 is 0 Å². The van der Waals surface area contributed by atoms with Gasteiger partial charge >= 0.3 is 6.09 Å². The monoisotopic (exact) mass is 349 g/mol. The van der Waals surface area contributed by atoms with Crippen LogP contribution in [0.3, 0.4) is 0 Å². The molecule has 2 fully saturated rings. The summed E-state index contributed by atoms with van der Waals surface area (Å²) in [6.07, 6.45) is -1.81. The van der Waals surface area contributed by atoms with Gasteiger partial charge in [-0.25, -0.2) is 4.79 Å². The van der Waals surface area contributed by atoms with E-state index in [2.05, 4.69) is 0 Å². The average molecular weight is 349 g/mol. The topological polar surface area (TPSA) is 77.5 Å². The molecule has 1 unspecified atom stereocenters. The van der Waals surface area contributed by atoms with Crippen LogP contribution in [0.2, 0.25) is 0 Å². The van der Waals surface area contributed by atoms with E-state index in [-0.39, 0.29) is 13.2 Å². The van der Waals surface area contributed by atoms with Crippen molar-refractivity contribution in [1.29, 1.82) is 0 Å². The molecular weight excluding hydrogens is 314 g/mol. The largest absolute Gasteiger partial charge is 0.444 e. The number of ether oxygens (including phenoxy) is 4. The van der Waals surface area contributed by atoms with Crippen LogP contribution in [-0.4, -0.2) is 73.1 Å². The molecule has 0 aromatic carbocycles. The Bertz CT molecular complexity index is 378. The van der Waals surface area contributed by atoms with Gasteiger partial charge in [-0.3, -0.25) is 4.90 Å². The van der Waals surface area contributed by atoms with E-state index in [0.717, 1.165) is 0 Å². The molecule has 7 nitrogen and oxygen atoms in total. The molecule has 7 heteroatoms. The number of hydrogen-bond donors (Lipinski definition) is 1. The van der Waals surface area contributed by atoms with Crippen molar-refractivity contribution in [2.75, 3.05) is 27.4 Å². The summed E-state index contributed by atoms with van der Waals surface area (Å²) < 4.78 is 21.7. The number of amides is 1. The summed E-state index contributed by atoms with van der Waals surface area (Å²) in [6, 6.07) is -0.526. The highest BCUT2D eigenvalue weighted by Gasteiger charge is 2.62. The molecule has 0 aromatic rings. The van der Waals surface area contributed by atoms with Crippen molar-refractivity contribution >= 4 is 6.09 Å². The van der Waals surface area contributed by atoms with E-state index < -0.39 is 35.7 Å². The third-order valence-corrected chi connectivity index (χ3v) is 3.66. The van der Waals surface area contributed by atoms with Gasteiger partial charge in [-0.15, -0.1) is 0 Å². The van der Waals surface area contributed by atoms with Gasteiger partial charge in [0.25, 0.3) is 0 Å². The molecule has 144 valence electrons. The minimum absolute atomic E-state index is 0.138. The highest BCUT2D eigenvalue weighted by Crippen LogP contribution is 2.39. The van der Waals surface area contributed by atoms with Crippen molar-refractivity contribution in [3.8, 4) is 0 Å². The van der Waals surface area contributed by atoms with Crippen LogP contribution in [0, 0.1) is 0 Å². The molecule has 0 radical (unpaired) electrons. The van der Waals surface area contributed by atoms with E-state index in [1.807, 2.05) is 27.7 Å². The molecule has 0 spiro atoms. The van der Waals surface area contributed by atoms with E-state index >= 15 is 0 Å². The van der Waals surface area contributed by atoms with Gasteiger partial charge in [-0.1, -0.05) is 27.7 Å². The van der Waals surface area contributed by atoms with E-state index in [0.29, 0.717) is 0 Å². The molecule has 0 saturated carbocycles. The van der Waals surface area contributed by atoms with Gasteiger partial charge in [-0.2, -0.15) is 0 Å². The molecule has 24 heavy (non-hydrogen) atoms. The summed E-state index contributed by atoms with van der Waals surface area (Å²) in [5, 5.41) is 10.1. The van der Waals surface area contributed by atoms with Gasteiger partial charge in [0.1, 0.15) is 30.5 Å². The Hall–Kier alpha value is -0.890. The first kappa shape index (κ1) is 23.1. The molecule has 1 N–H and O–H groups in total. The van der Waals surface area contributed by atoms with Crippen LogP contribution in [0.4, 0.5) is 4.79 Å². The first-order valence-electron chi connectivity index (χ1n) is 8.63. The number of β-amino-alcohol motifs (C(OH)–C–C–N with tert-alkyl or cyclic N) is 1. The van der Waals surface area contributed by atoms with Crippen LogP contribution in [0.5, 0.6) is 0 Å². The maximum atomic E-state index is 12.3. The van der Waals surface area contributed by atoms with Crippen molar-refractivity contribution < 1.29 is 28.8 Å². The van der Waals surface area contributed by atoms with Crippen LogP contribution in [-0.2, 0) is 18.9 Å². The fraction of sp³-hybridized carbons (Fsp3) is 0.941. The first-order valence-corrected chi connectivity index (χ1v) is 8.63. The lowest BCUT2D eigenvalue weighted by Crippen LogP contribution is -2.55. The zero-order valence-electron chi connectivity index (χ0n) is 16.6. The molecule has 0 bridgehead atoms. The molecule has 2 rings (SSSR count). The number of aliphatic hydroxyl groups is 1. The van der Waals surface area contributed by atoms with Crippen LogP contribution in [0.15, 0.2) is 0 Å². The first-order chi connectivity index (χ1) is 11.2. The second kappa shape index (κ2) is 9.56. The van der Waals surface area contributed by atoms with E-state index in [1.54, 1.807) is 20.8 Å². The summed E-state index contributed by atoms with van der Waals surface area (Å²) >= 11 is 0. The summed E-state index contributed by atoms with van der Waals surface area (Å²) in [5.74, 6) is -1.07. The molecule has 0 aromatic heterocycles. The van der Waals surface area contributed by atoms with Crippen molar-refractivity contribution in [3.05, 3.63) is 0 Å². The Morgan fingerprint density at radius 2 is 1.67 bits per heavy atom. The quantitative estimate of drug-likeness (QED) is 0.772. The number of aliphatic hydroxyl groups excluding tert-OH is 1. The average Bonchev–Trinajstić information content (AvgIpc) is 3.09. The van der Waals surface area contributed by atoms with Crippen molar-refractivity contribution in [2.45, 2.75) is 78.1 Å². The highest BCUT2D eigenvalue weighted by atomic mass is 16.7. The second-order valence-electron chi connectivity index (χ2n) is 6.14. The fourth-order valence-electron chi connectivity index (χ4n) is 2.75. The molecule has 2 saturated heterocycles. The number of likely N-dealkylation sites (tertiary alicyclic amines) is 1. The van der Waals surface area contributed by atoms with Crippen molar-refractivity contribution in [2.24, 2.45) is 0 Å². The Morgan fingerprint density at radius 1 is 1.17 bits per heavy atom. The zero-order valence-corrected chi connectivity index (χ0v) is 16.6. The molecule has 3 atom stereocenters. The van der Waals surface area contributed by atoms with Crippen molar-refractivity contribution in [1.82, 2.24) is 4.90 Å². The molecule has 2 aliphatic heterocycles. The van der Waals surface area contributed by atoms with E-state index in [1.165, 1.54) is 19.1 Å². The van der Waals surface area contributed by atoms with E-state index in [4.69, 9.17) is 18.9 Å². The van der Waals surface area contributed by atoms with Gasteiger partial charge in [0.2, 0.25) is 5.79 Å². The maximum absolute atomic E-state index is 12.3. The SMILES string of the molecule is CC.CC.COC1(OC)CO[C@@H]2C(O)CN(C(=O)OC(C)(C)C)[C@@H]21. The predicted molar refractivity (Wildman–Crippen MR) is 91.9 cm³/mol. The zero-order chi connectivity index (χ0) is 19.1. The van der Waals surface area contributed by atoms with Crippen LogP contribution in [0.25, 0.3) is 0 Å². The minimum Gasteiger partial charge on any atom is -0.444 e. The molecular formula is C17H35NO6. The normalized spacial score (nSPS) is 27.4. The Balaban J connectivity index is 0.00000123. The Morgan fingerprint density at radius 3 is 2.08 bits per heavy atom. The maximum Gasteiger partial charge on any atom is 0.410 e. The summed E-state index contributed by atoms with van der Waals surface area (Å²) in [5.41, 5.74) is -0.609. The van der Waals surface area contributed by atoms with E-state index in [9.17, 15) is 9.90 Å². The number of fused-ring (bicyclic) bond motifs is 1. The molecule has 2 heterocycles. The lowest BCUT2D eigenvalue weighted by atomic mass is 10.0. The van der Waals surface area contributed by atoms with Crippen LogP contribution < -0.4 is 0 Å². The number of carbonyl (C=O) groups excluding carboxylic acids is 1. The predicted octanol–water partition coefficient (Wildman–Crippen LogP) is 2.41. The number of rotatable bonds is 2. The minimum atomic E-state index is -1.07. The van der Waals surface area contributed by atoms with Crippen molar-refractivity contribution in [3.63, 3.8) is 0 Å². The lowest BCUT2D eigenvalue weighted by Gasteiger charge is -2.36. The summed E-state index contributed by atoms with van der Waals surface area (Å²) in [7, 11) is 2.99. The highest BCUT2D eigenvalue weighted by molar-refractivity contribution is 5.69. The van der Waals surface area contributed by atoms with Gasteiger partial charge in [-0.05, 0) is 20.8 Å². The fourth-order valence-corrected chi connectivity index (χ4v) is 2.75. The number of methoxy groups -OCH3 is 2. The lowest BCUT2D eigenvalue weighted by molar-refractivity contribution is -0.225. The molecule has 0 aliphatic carbocycles. The Labute approximate surface area is 146 Å². The van der Waals surface area contributed by atoms with Gasteiger partial charge in [0.05, 0.1) is 6.54 Å². The summed E-state index contributed by atoms with van der Waals surface area (Å²) in [6.45, 7) is 13.7. The Kier molecular flexibility index (Phi) is 9.20.